The lowest BCUT2D eigenvalue weighted by Crippen LogP contribution is -2.36. The van der Waals surface area contributed by atoms with Crippen LogP contribution in [0.25, 0.3) is 16.8 Å². The lowest BCUT2D eigenvalue weighted by atomic mass is 9.76. The molecular weight excluding hydrogens is 624 g/mol. The quantitative estimate of drug-likeness (QED) is 0.111. The molecule has 0 saturated heterocycles. The fourth-order valence-electron chi connectivity index (χ4n) is 6.96. The van der Waals surface area contributed by atoms with Gasteiger partial charge >= 0.3 is 0 Å². The molecule has 3 aromatic carbocycles. The molecule has 11 heteroatoms. The highest BCUT2D eigenvalue weighted by Gasteiger charge is 2.62. The number of benzene rings is 3. The number of phenolic OH excluding ortho intramolecular Hbond substituents is 3. The van der Waals surface area contributed by atoms with E-state index in [1.807, 2.05) is 13.0 Å². The van der Waals surface area contributed by atoms with Crippen molar-refractivity contribution < 1.29 is 34.5 Å². The lowest BCUT2D eigenvalue weighted by Gasteiger charge is -2.23. The molecule has 10 nitrogen and oxygen atoms in total. The van der Waals surface area contributed by atoms with Crippen LogP contribution in [0.4, 0.5) is 0 Å². The van der Waals surface area contributed by atoms with Crippen molar-refractivity contribution in [1.29, 1.82) is 0 Å². The van der Waals surface area contributed by atoms with Crippen molar-refractivity contribution in [2.45, 2.75) is 31.7 Å². The van der Waals surface area contributed by atoms with Gasteiger partial charge in [0.05, 0.1) is 38.4 Å². The van der Waals surface area contributed by atoms with Gasteiger partial charge in [-0.05, 0) is 43.0 Å². The molecular formula is C36H25ClN2O8. The number of halogens is 1. The molecule has 1 spiro atoms. The van der Waals surface area contributed by atoms with Crippen LogP contribution in [0.5, 0.6) is 17.2 Å². The molecule has 4 aromatic rings. The predicted octanol–water partition coefficient (Wildman–Crippen LogP) is 5.20. The lowest BCUT2D eigenvalue weighted by molar-refractivity contribution is 0.0790. The van der Waals surface area contributed by atoms with E-state index in [1.165, 1.54) is 0 Å². The summed E-state index contributed by atoms with van der Waals surface area (Å²) in [5.74, 6) is -6.19. The van der Waals surface area contributed by atoms with Gasteiger partial charge in [-0.2, -0.15) is 0 Å². The Balaban J connectivity index is 1.37. The van der Waals surface area contributed by atoms with Gasteiger partial charge in [0.2, 0.25) is 5.78 Å². The van der Waals surface area contributed by atoms with Crippen LogP contribution in [0, 0.1) is 0 Å². The number of hydrogen-bond acceptors (Lipinski definition) is 9. The minimum absolute atomic E-state index is 0.0356. The first-order valence-electron chi connectivity index (χ1n) is 14.7. The van der Waals surface area contributed by atoms with E-state index in [-0.39, 0.29) is 52.0 Å². The van der Waals surface area contributed by atoms with Crippen molar-refractivity contribution in [3.63, 3.8) is 0 Å². The zero-order valence-corrected chi connectivity index (χ0v) is 25.5. The molecule has 3 aliphatic rings. The van der Waals surface area contributed by atoms with Crippen molar-refractivity contribution in [2.24, 2.45) is 0 Å². The summed E-state index contributed by atoms with van der Waals surface area (Å²) in [4.78, 5) is 71.4. The number of pyridine rings is 1. The number of carbonyl (C=O) groups excluding carboxylic acids is 4. The SMILES string of the molecule is C/C=C/C=C/c1cc2c(Cl)c3c(c(O)c2c(=O)[nH]1)[C@@]1(CC3)C(=O)c2c(O)c3c(c(O)c2C1=O)C(=O)C(NCc1ccccc1)=CC3=O. The number of carbonyl (C=O) groups is 4. The molecule has 1 atom stereocenters. The smallest absolute Gasteiger partial charge is 0.260 e. The monoisotopic (exact) mass is 648 g/mol. The first-order chi connectivity index (χ1) is 22.5. The third-order valence-electron chi connectivity index (χ3n) is 9.08. The molecule has 7 rings (SSSR count). The molecule has 234 valence electrons. The zero-order chi connectivity index (χ0) is 33.4. The molecule has 3 aliphatic carbocycles. The van der Waals surface area contributed by atoms with E-state index in [1.54, 1.807) is 54.6 Å². The summed E-state index contributed by atoms with van der Waals surface area (Å²) >= 11 is 6.80. The van der Waals surface area contributed by atoms with E-state index in [2.05, 4.69) is 10.3 Å². The van der Waals surface area contributed by atoms with Crippen molar-refractivity contribution in [2.75, 3.05) is 0 Å². The van der Waals surface area contributed by atoms with Crippen molar-refractivity contribution in [3.8, 4) is 17.2 Å². The van der Waals surface area contributed by atoms with E-state index >= 15 is 0 Å². The number of ketones is 4. The Bertz CT molecular complexity index is 2300. The number of aromatic amines is 1. The Morgan fingerprint density at radius 1 is 0.915 bits per heavy atom. The van der Waals surface area contributed by atoms with Gasteiger partial charge in [-0.25, -0.2) is 0 Å². The molecule has 0 fully saturated rings. The van der Waals surface area contributed by atoms with Gasteiger partial charge < -0.3 is 25.6 Å². The molecule has 1 heterocycles. The molecule has 0 bridgehead atoms. The molecule has 47 heavy (non-hydrogen) atoms. The molecule has 1 aromatic heterocycles. The summed E-state index contributed by atoms with van der Waals surface area (Å²) < 4.78 is 0. The number of aromatic nitrogens is 1. The molecule has 0 unspecified atom stereocenters. The van der Waals surface area contributed by atoms with Gasteiger partial charge in [-0.1, -0.05) is 60.2 Å². The number of H-pyrrole nitrogens is 1. The van der Waals surface area contributed by atoms with E-state index in [4.69, 9.17) is 11.6 Å². The first-order valence-corrected chi connectivity index (χ1v) is 15.1. The maximum atomic E-state index is 14.3. The predicted molar refractivity (Wildman–Crippen MR) is 174 cm³/mol. The first kappa shape index (κ1) is 29.9. The number of fused-ring (bicyclic) bond motifs is 5. The van der Waals surface area contributed by atoms with E-state index in [0.29, 0.717) is 5.69 Å². The Hall–Kier alpha value is -5.74. The minimum Gasteiger partial charge on any atom is -0.507 e. The number of allylic oxidation sites excluding steroid dienone is 5. The van der Waals surface area contributed by atoms with Crippen LogP contribution in [-0.4, -0.2) is 43.4 Å². The van der Waals surface area contributed by atoms with E-state index in [0.717, 1.165) is 11.6 Å². The average Bonchev–Trinajstić information content (AvgIpc) is 3.56. The van der Waals surface area contributed by atoms with Gasteiger partial charge in [-0.3, -0.25) is 24.0 Å². The van der Waals surface area contributed by atoms with Gasteiger partial charge in [0.25, 0.3) is 5.56 Å². The maximum absolute atomic E-state index is 14.3. The number of aromatic hydroxyl groups is 3. The summed E-state index contributed by atoms with van der Waals surface area (Å²) in [6.45, 7) is 1.99. The second-order valence-electron chi connectivity index (χ2n) is 11.6. The molecule has 0 amide bonds. The number of phenols is 3. The average molecular weight is 649 g/mol. The van der Waals surface area contributed by atoms with Crippen LogP contribution in [0.15, 0.2) is 71.2 Å². The zero-order valence-electron chi connectivity index (χ0n) is 24.7. The van der Waals surface area contributed by atoms with Gasteiger partial charge in [0.15, 0.2) is 17.3 Å². The second-order valence-corrected chi connectivity index (χ2v) is 12.0. The van der Waals surface area contributed by atoms with Crippen molar-refractivity contribution in [1.82, 2.24) is 10.3 Å². The van der Waals surface area contributed by atoms with Gasteiger partial charge in [0.1, 0.15) is 22.7 Å². The Morgan fingerprint density at radius 3 is 2.28 bits per heavy atom. The van der Waals surface area contributed by atoms with Crippen LogP contribution in [0.1, 0.15) is 77.2 Å². The van der Waals surface area contributed by atoms with Crippen LogP contribution in [0.2, 0.25) is 5.02 Å². The molecule has 5 N–H and O–H groups in total. The molecule has 0 aliphatic heterocycles. The summed E-state index contributed by atoms with van der Waals surface area (Å²) in [5, 5.41) is 37.3. The van der Waals surface area contributed by atoms with E-state index in [9.17, 15) is 39.3 Å². The summed E-state index contributed by atoms with van der Waals surface area (Å²) in [6, 6.07) is 10.6. The van der Waals surface area contributed by atoms with E-state index < -0.39 is 73.6 Å². The Labute approximate surface area is 271 Å². The fraction of sp³-hybridized carbons (Fsp3) is 0.139. The van der Waals surface area contributed by atoms with Crippen molar-refractivity contribution >= 4 is 51.6 Å². The summed E-state index contributed by atoms with van der Waals surface area (Å²) in [7, 11) is 0. The second kappa shape index (κ2) is 10.7. The highest BCUT2D eigenvalue weighted by molar-refractivity contribution is 6.41. The highest BCUT2D eigenvalue weighted by atomic mass is 35.5. The Morgan fingerprint density at radius 2 is 1.60 bits per heavy atom. The fourth-order valence-corrected chi connectivity index (χ4v) is 7.30. The topological polar surface area (TPSA) is 174 Å². The van der Waals surface area contributed by atoms with Crippen LogP contribution in [-0.2, 0) is 18.4 Å². The highest BCUT2D eigenvalue weighted by Crippen LogP contribution is 2.58. The third-order valence-corrected chi connectivity index (χ3v) is 9.51. The largest absolute Gasteiger partial charge is 0.507 e. The molecule has 0 radical (unpaired) electrons. The Kier molecular flexibility index (Phi) is 6.80. The minimum atomic E-state index is -2.18. The number of hydrogen-bond donors (Lipinski definition) is 5. The van der Waals surface area contributed by atoms with Crippen molar-refractivity contribution in [3.05, 3.63) is 126 Å². The number of nitrogens with one attached hydrogen (secondary N) is 2. The summed E-state index contributed by atoms with van der Waals surface area (Å²) in [6.07, 6.45) is 7.68. The maximum Gasteiger partial charge on any atom is 0.260 e. The third kappa shape index (κ3) is 4.07. The van der Waals surface area contributed by atoms with Gasteiger partial charge in [0, 0.05) is 29.3 Å². The summed E-state index contributed by atoms with van der Waals surface area (Å²) in [5.41, 5.74) is -4.32. The van der Waals surface area contributed by atoms with Gasteiger partial charge in [-0.15, -0.1) is 0 Å². The number of rotatable bonds is 5. The van der Waals surface area contributed by atoms with Crippen LogP contribution < -0.4 is 10.9 Å². The standard InChI is InChI=1S/C36H25ClN2O8/c1-2-3-5-10-17-13-19-22(35(47)39-17)32(44)27-18(28(19)37)11-12-36(27)33(45)25-26(34(36)46)31(43)24-23(30(25)42)21(40)14-20(29(24)41)38-15-16-8-6-4-7-9-16/h2-10,13-14,38,42-44H,11-12,15H2,1H3,(H,39,47)/b3-2+,10-5+/t36-/m0/s1. The normalized spacial score (nSPS) is 18.5. The van der Waals surface area contributed by atoms with Crippen LogP contribution >= 0.6 is 11.6 Å². The number of Topliss-reactive ketones (excluding diaryl/α,β-unsaturated/α-hetero) is 3. The van der Waals surface area contributed by atoms with Crippen LogP contribution in [0.3, 0.4) is 0 Å². The molecule has 0 saturated carbocycles.